The van der Waals surface area contributed by atoms with E-state index in [4.69, 9.17) is 0 Å². The van der Waals surface area contributed by atoms with Crippen LogP contribution in [0.5, 0.6) is 0 Å². The topological polar surface area (TPSA) is 55.1 Å². The van der Waals surface area contributed by atoms with E-state index in [-0.39, 0.29) is 5.95 Å². The number of alkyl halides is 3. The van der Waals surface area contributed by atoms with Crippen LogP contribution in [0.3, 0.4) is 0 Å². The Morgan fingerprint density at radius 3 is 2.77 bits per heavy atom. The van der Waals surface area contributed by atoms with E-state index in [9.17, 15) is 13.2 Å². The lowest BCUT2D eigenvalue weighted by molar-refractivity contribution is -0.138. The van der Waals surface area contributed by atoms with Crippen molar-refractivity contribution in [3.05, 3.63) is 55.0 Å². The highest BCUT2D eigenvalue weighted by Crippen LogP contribution is 2.28. The number of pyridine rings is 1. The Balaban J connectivity index is 1.71. The molecule has 0 aliphatic carbocycles. The maximum absolute atomic E-state index is 12.7. The molecule has 1 N–H and O–H groups in total. The van der Waals surface area contributed by atoms with Gasteiger partial charge in [-0.15, -0.1) is 5.10 Å². The Morgan fingerprint density at radius 2 is 1.96 bits per heavy atom. The summed E-state index contributed by atoms with van der Waals surface area (Å²) in [6, 6.07) is 9.85. The summed E-state index contributed by atoms with van der Waals surface area (Å²) in [6.45, 7) is 1.03. The highest BCUT2D eigenvalue weighted by atomic mass is 19.4. The molecule has 0 aliphatic rings. The molecule has 3 aromatic heterocycles. The molecule has 0 saturated heterocycles. The van der Waals surface area contributed by atoms with Gasteiger partial charge < -0.3 is 5.32 Å². The van der Waals surface area contributed by atoms with Gasteiger partial charge >= 0.3 is 6.18 Å². The Morgan fingerprint density at radius 1 is 1.12 bits per heavy atom. The lowest BCUT2D eigenvalue weighted by Crippen LogP contribution is -2.33. The zero-order valence-corrected chi connectivity index (χ0v) is 13.7. The first-order valence-electron chi connectivity index (χ1n) is 7.94. The van der Waals surface area contributed by atoms with E-state index in [0.717, 1.165) is 29.0 Å². The van der Waals surface area contributed by atoms with Crippen LogP contribution in [0.4, 0.5) is 19.1 Å². The largest absolute Gasteiger partial charge is 0.408 e. The van der Waals surface area contributed by atoms with Gasteiger partial charge in [-0.1, -0.05) is 12.1 Å². The molecule has 0 bridgehead atoms. The van der Waals surface area contributed by atoms with E-state index in [2.05, 4.69) is 20.4 Å². The van der Waals surface area contributed by atoms with Crippen molar-refractivity contribution in [3.8, 4) is 11.1 Å². The van der Waals surface area contributed by atoms with E-state index in [1.54, 1.807) is 12.4 Å². The van der Waals surface area contributed by atoms with Crippen LogP contribution in [-0.4, -0.2) is 31.8 Å². The molecule has 4 rings (SSSR count). The van der Waals surface area contributed by atoms with Gasteiger partial charge in [0.25, 0.3) is 0 Å². The summed E-state index contributed by atoms with van der Waals surface area (Å²) in [5.74, 6) is -0.0767. The number of benzene rings is 1. The molecule has 4 aromatic rings. The van der Waals surface area contributed by atoms with Gasteiger partial charge in [-0.2, -0.15) is 13.2 Å². The maximum atomic E-state index is 12.7. The fourth-order valence-corrected chi connectivity index (χ4v) is 2.73. The molecule has 26 heavy (non-hydrogen) atoms. The fraction of sp³-hybridized carbons (Fsp3) is 0.167. The van der Waals surface area contributed by atoms with Crippen LogP contribution >= 0.6 is 0 Å². The third-order valence-corrected chi connectivity index (χ3v) is 4.17. The second-order valence-electron chi connectivity index (χ2n) is 5.96. The van der Waals surface area contributed by atoms with E-state index in [0.29, 0.717) is 5.52 Å². The number of hydrogen-bond donors (Lipinski definition) is 1. The summed E-state index contributed by atoms with van der Waals surface area (Å²) in [5, 5.41) is 7.39. The van der Waals surface area contributed by atoms with Crippen molar-refractivity contribution in [3.63, 3.8) is 0 Å². The molecule has 0 fully saturated rings. The number of halogens is 3. The lowest BCUT2D eigenvalue weighted by atomic mass is 10.0. The molecule has 0 unspecified atom stereocenters. The average Bonchev–Trinajstić information content (AvgIpc) is 3.03. The molecule has 0 amide bonds. The zero-order valence-electron chi connectivity index (χ0n) is 13.7. The van der Waals surface area contributed by atoms with Crippen molar-refractivity contribution in [2.45, 2.75) is 19.1 Å². The standard InChI is InChI=1S/C18H14F3N5/c1-11(18(19,20)21)24-17-23-10-16-14(6-8-26(16)25-17)12-4-5-15-13(9-12)3-2-7-22-15/h2-11H,1H3,(H,24,25)/t11-/m1/s1. The second-order valence-corrected chi connectivity index (χ2v) is 5.96. The van der Waals surface area contributed by atoms with Gasteiger partial charge in [0.05, 0.1) is 17.2 Å². The average molecular weight is 357 g/mol. The molecular formula is C18H14F3N5. The molecule has 0 spiro atoms. The van der Waals surface area contributed by atoms with Crippen LogP contribution in [0, 0.1) is 0 Å². The van der Waals surface area contributed by atoms with Gasteiger partial charge in [-0.3, -0.25) is 4.98 Å². The molecule has 3 heterocycles. The molecular weight excluding hydrogens is 343 g/mol. The lowest BCUT2D eigenvalue weighted by Gasteiger charge is -2.16. The van der Waals surface area contributed by atoms with Crippen LogP contribution in [0.1, 0.15) is 6.92 Å². The normalized spacial score (nSPS) is 13.2. The van der Waals surface area contributed by atoms with Crippen LogP contribution in [0.2, 0.25) is 0 Å². The molecule has 1 atom stereocenters. The molecule has 8 heteroatoms. The second kappa shape index (κ2) is 5.98. The fourth-order valence-electron chi connectivity index (χ4n) is 2.73. The maximum Gasteiger partial charge on any atom is 0.408 e. The van der Waals surface area contributed by atoms with Crippen molar-refractivity contribution < 1.29 is 13.2 Å². The first kappa shape index (κ1) is 16.3. The van der Waals surface area contributed by atoms with Gasteiger partial charge in [0.1, 0.15) is 6.04 Å². The zero-order chi connectivity index (χ0) is 18.3. The minimum atomic E-state index is -4.36. The summed E-state index contributed by atoms with van der Waals surface area (Å²) in [5.41, 5.74) is 3.45. The Labute approximate surface area is 146 Å². The first-order valence-corrected chi connectivity index (χ1v) is 7.94. The third kappa shape index (κ3) is 2.94. The van der Waals surface area contributed by atoms with E-state index < -0.39 is 12.2 Å². The molecule has 132 valence electrons. The van der Waals surface area contributed by atoms with Gasteiger partial charge in [0, 0.05) is 23.3 Å². The smallest absolute Gasteiger partial charge is 0.341 e. The van der Waals surface area contributed by atoms with Crippen LogP contribution in [-0.2, 0) is 0 Å². The van der Waals surface area contributed by atoms with Gasteiger partial charge in [0.15, 0.2) is 0 Å². The summed E-state index contributed by atoms with van der Waals surface area (Å²) in [4.78, 5) is 8.32. The predicted octanol–water partition coefficient (Wildman–Crippen LogP) is 4.31. The number of rotatable bonds is 3. The van der Waals surface area contributed by atoms with Gasteiger partial charge in [0.2, 0.25) is 5.95 Å². The molecule has 0 radical (unpaired) electrons. The molecule has 5 nitrogen and oxygen atoms in total. The molecule has 0 aliphatic heterocycles. The quantitative estimate of drug-likeness (QED) is 0.594. The Hall–Kier alpha value is -3.16. The first-order chi connectivity index (χ1) is 12.4. The summed E-state index contributed by atoms with van der Waals surface area (Å²) >= 11 is 0. The van der Waals surface area contributed by atoms with Crippen LogP contribution in [0.25, 0.3) is 27.5 Å². The minimum absolute atomic E-state index is 0.0767. The Bertz CT molecular complexity index is 1090. The molecule has 1 aromatic carbocycles. The Kier molecular flexibility index (Phi) is 3.75. The summed E-state index contributed by atoms with van der Waals surface area (Å²) in [6.07, 6.45) is 0.587. The van der Waals surface area contributed by atoms with Gasteiger partial charge in [-0.25, -0.2) is 9.50 Å². The number of anilines is 1. The number of aromatic nitrogens is 4. The highest BCUT2D eigenvalue weighted by Gasteiger charge is 2.36. The van der Waals surface area contributed by atoms with E-state index in [1.807, 2.05) is 36.4 Å². The predicted molar refractivity (Wildman–Crippen MR) is 92.9 cm³/mol. The SMILES string of the molecule is C[C@@H](Nc1ncc2c(-c3ccc4ncccc4c3)ccn2n1)C(F)(F)F. The number of hydrogen-bond acceptors (Lipinski definition) is 4. The third-order valence-electron chi connectivity index (χ3n) is 4.17. The van der Waals surface area contributed by atoms with Crippen molar-refractivity contribution in [2.24, 2.45) is 0 Å². The minimum Gasteiger partial charge on any atom is -0.341 e. The summed E-state index contributed by atoms with van der Waals surface area (Å²) in [7, 11) is 0. The van der Waals surface area contributed by atoms with Gasteiger partial charge in [-0.05, 0) is 36.8 Å². The van der Waals surface area contributed by atoms with Crippen molar-refractivity contribution >= 4 is 22.4 Å². The van der Waals surface area contributed by atoms with Crippen molar-refractivity contribution in [1.82, 2.24) is 19.6 Å². The van der Waals surface area contributed by atoms with Crippen LogP contribution in [0.15, 0.2) is 55.0 Å². The number of nitrogens with one attached hydrogen (secondary N) is 1. The van der Waals surface area contributed by atoms with Crippen LogP contribution < -0.4 is 5.32 Å². The van der Waals surface area contributed by atoms with E-state index in [1.165, 1.54) is 10.7 Å². The van der Waals surface area contributed by atoms with Crippen molar-refractivity contribution in [2.75, 3.05) is 5.32 Å². The monoisotopic (exact) mass is 357 g/mol. The summed E-state index contributed by atoms with van der Waals surface area (Å²) < 4.78 is 39.5. The molecule has 0 saturated carbocycles. The van der Waals surface area contributed by atoms with Crippen molar-refractivity contribution in [1.29, 1.82) is 0 Å². The highest BCUT2D eigenvalue weighted by molar-refractivity contribution is 5.88. The number of fused-ring (bicyclic) bond motifs is 2. The number of nitrogens with zero attached hydrogens (tertiary/aromatic N) is 4. The van der Waals surface area contributed by atoms with E-state index >= 15 is 0 Å².